The van der Waals surface area contributed by atoms with Gasteiger partial charge in [-0.15, -0.1) is 0 Å². The molecule has 3 aromatic carbocycles. The molecule has 4 heteroatoms. The molecule has 4 aromatic rings. The number of nitrogens with one attached hydrogen (secondary N) is 1. The molecule has 0 aliphatic heterocycles. The van der Waals surface area contributed by atoms with Crippen LogP contribution < -0.4 is 9.88 Å². The lowest BCUT2D eigenvalue weighted by molar-refractivity contribution is -0.659. The van der Waals surface area contributed by atoms with Gasteiger partial charge in [0.15, 0.2) is 0 Å². The van der Waals surface area contributed by atoms with Crippen LogP contribution in [0.5, 0.6) is 0 Å². The Morgan fingerprint density at radius 2 is 1.59 bits per heavy atom. The molecule has 0 unspecified atom stereocenters. The first-order valence-corrected chi connectivity index (χ1v) is 10.1. The van der Waals surface area contributed by atoms with Gasteiger partial charge < -0.3 is 0 Å². The molecular formula is C23H20ClN2S+. The van der Waals surface area contributed by atoms with E-state index in [-0.39, 0.29) is 0 Å². The number of aryl methyl sites for hydroxylation is 1. The zero-order valence-electron chi connectivity index (χ0n) is 15.0. The van der Waals surface area contributed by atoms with Gasteiger partial charge in [0.05, 0.1) is 0 Å². The van der Waals surface area contributed by atoms with Crippen LogP contribution in [0.25, 0.3) is 11.3 Å². The van der Waals surface area contributed by atoms with Crippen LogP contribution in [-0.2, 0) is 6.54 Å². The van der Waals surface area contributed by atoms with Crippen molar-refractivity contribution < 1.29 is 4.57 Å². The molecular weight excluding hydrogens is 372 g/mol. The van der Waals surface area contributed by atoms with E-state index in [0.717, 1.165) is 22.4 Å². The highest BCUT2D eigenvalue weighted by atomic mass is 35.5. The van der Waals surface area contributed by atoms with Gasteiger partial charge in [-0.05, 0) is 36.8 Å². The van der Waals surface area contributed by atoms with E-state index >= 15 is 0 Å². The van der Waals surface area contributed by atoms with Crippen LogP contribution in [0.2, 0.25) is 5.02 Å². The summed E-state index contributed by atoms with van der Waals surface area (Å²) in [5.41, 5.74) is 5.99. The van der Waals surface area contributed by atoms with Gasteiger partial charge in [0.25, 0.3) is 0 Å². The van der Waals surface area contributed by atoms with Gasteiger partial charge >= 0.3 is 5.13 Å². The lowest BCUT2D eigenvalue weighted by Gasteiger charge is -2.07. The maximum absolute atomic E-state index is 6.02. The van der Waals surface area contributed by atoms with Gasteiger partial charge in [0.2, 0.25) is 0 Å². The summed E-state index contributed by atoms with van der Waals surface area (Å²) in [6, 6.07) is 27.0. The average Bonchev–Trinajstić information content (AvgIpc) is 3.07. The third-order valence-corrected chi connectivity index (χ3v) is 5.58. The van der Waals surface area contributed by atoms with Crippen LogP contribution in [-0.4, -0.2) is 0 Å². The van der Waals surface area contributed by atoms with Gasteiger partial charge in [-0.25, -0.2) is 9.88 Å². The van der Waals surface area contributed by atoms with Gasteiger partial charge in [0.1, 0.15) is 17.9 Å². The van der Waals surface area contributed by atoms with Gasteiger partial charge in [-0.2, -0.15) is 0 Å². The fourth-order valence-electron chi connectivity index (χ4n) is 2.97. The molecule has 0 atom stereocenters. The van der Waals surface area contributed by atoms with Crippen molar-refractivity contribution in [3.63, 3.8) is 0 Å². The highest BCUT2D eigenvalue weighted by Crippen LogP contribution is 2.27. The fraction of sp³-hybridized carbons (Fsp3) is 0.0870. The topological polar surface area (TPSA) is 15.9 Å². The van der Waals surface area contributed by atoms with Crippen LogP contribution in [0.3, 0.4) is 0 Å². The minimum atomic E-state index is 0.740. The van der Waals surface area contributed by atoms with Crippen LogP contribution in [0.1, 0.15) is 11.1 Å². The summed E-state index contributed by atoms with van der Waals surface area (Å²) < 4.78 is 2.33. The second kappa shape index (κ2) is 7.95. The second-order valence-electron chi connectivity index (χ2n) is 6.50. The minimum absolute atomic E-state index is 0.740. The van der Waals surface area contributed by atoms with Crippen LogP contribution in [0.4, 0.5) is 10.8 Å². The molecule has 1 heterocycles. The van der Waals surface area contributed by atoms with E-state index in [1.807, 2.05) is 24.3 Å². The molecule has 0 aliphatic carbocycles. The molecule has 1 aromatic heterocycles. The third kappa shape index (κ3) is 4.21. The zero-order valence-corrected chi connectivity index (χ0v) is 16.6. The zero-order chi connectivity index (χ0) is 18.6. The number of nitrogens with zero attached hydrogens (tertiary/aromatic N) is 1. The van der Waals surface area contributed by atoms with Crippen molar-refractivity contribution >= 4 is 33.8 Å². The molecule has 0 saturated heterocycles. The minimum Gasteiger partial charge on any atom is -0.231 e. The van der Waals surface area contributed by atoms with Gasteiger partial charge in [0, 0.05) is 16.0 Å². The number of rotatable bonds is 5. The third-order valence-electron chi connectivity index (χ3n) is 4.44. The highest BCUT2D eigenvalue weighted by Gasteiger charge is 2.20. The first kappa shape index (κ1) is 17.8. The molecule has 2 nitrogen and oxygen atoms in total. The van der Waals surface area contributed by atoms with Crippen molar-refractivity contribution in [1.82, 2.24) is 0 Å². The number of benzene rings is 3. The average molecular weight is 392 g/mol. The standard InChI is InChI=1S/C23H19ClN2S/c1-17-7-9-19(10-8-17)22-16-27-23(25-21-13-11-20(24)12-14-21)26(22)15-18-5-3-2-4-6-18/h2-14,16H,15H2,1H3/p+1. The Balaban J connectivity index is 1.73. The SMILES string of the molecule is Cc1ccc(-c2csc(Nc3ccc(Cl)cc3)[n+]2Cc2ccccc2)cc1. The molecule has 134 valence electrons. The lowest BCUT2D eigenvalue weighted by atomic mass is 10.1. The molecule has 0 radical (unpaired) electrons. The Labute approximate surface area is 168 Å². The van der Waals surface area contributed by atoms with Crippen molar-refractivity contribution in [1.29, 1.82) is 0 Å². The second-order valence-corrected chi connectivity index (χ2v) is 7.79. The molecule has 0 saturated carbocycles. The normalized spacial score (nSPS) is 10.7. The molecule has 0 amide bonds. The van der Waals surface area contributed by atoms with E-state index in [0.29, 0.717) is 0 Å². The summed E-state index contributed by atoms with van der Waals surface area (Å²) in [6.07, 6.45) is 0. The predicted molar refractivity (Wildman–Crippen MR) is 115 cm³/mol. The number of halogens is 1. The molecule has 1 N–H and O–H groups in total. The Morgan fingerprint density at radius 3 is 2.30 bits per heavy atom. The Kier molecular flexibility index (Phi) is 5.23. The summed E-state index contributed by atoms with van der Waals surface area (Å²) in [5.74, 6) is 0. The first-order valence-electron chi connectivity index (χ1n) is 8.84. The maximum Gasteiger partial charge on any atom is 0.339 e. The molecule has 0 bridgehead atoms. The van der Waals surface area contributed by atoms with E-state index in [1.54, 1.807) is 11.3 Å². The van der Waals surface area contributed by atoms with Crippen molar-refractivity contribution in [3.05, 3.63) is 100 Å². The lowest BCUT2D eigenvalue weighted by Crippen LogP contribution is -2.37. The summed E-state index contributed by atoms with van der Waals surface area (Å²) in [5, 5.41) is 7.59. The van der Waals surface area contributed by atoms with Crippen molar-refractivity contribution in [2.45, 2.75) is 13.5 Å². The number of hydrogen-bond donors (Lipinski definition) is 1. The van der Waals surface area contributed by atoms with Crippen molar-refractivity contribution in [2.24, 2.45) is 0 Å². The number of thiazole rings is 1. The van der Waals surface area contributed by atoms with Gasteiger partial charge in [-0.3, -0.25) is 0 Å². The molecule has 0 aliphatic rings. The summed E-state index contributed by atoms with van der Waals surface area (Å²) >= 11 is 7.73. The van der Waals surface area contributed by atoms with Crippen LogP contribution in [0, 0.1) is 6.92 Å². The highest BCUT2D eigenvalue weighted by molar-refractivity contribution is 7.13. The van der Waals surface area contributed by atoms with Crippen molar-refractivity contribution in [2.75, 3.05) is 5.32 Å². The number of anilines is 2. The Bertz CT molecular complexity index is 1020. The molecule has 27 heavy (non-hydrogen) atoms. The van der Waals surface area contributed by atoms with E-state index in [4.69, 9.17) is 11.6 Å². The number of aromatic nitrogens is 1. The van der Waals surface area contributed by atoms with E-state index in [1.165, 1.54) is 22.4 Å². The molecule has 4 rings (SSSR count). The van der Waals surface area contributed by atoms with E-state index in [2.05, 4.69) is 76.8 Å². The molecule has 0 fully saturated rings. The van der Waals surface area contributed by atoms with E-state index in [9.17, 15) is 0 Å². The van der Waals surface area contributed by atoms with Gasteiger partial charge in [-0.1, -0.05) is 83.1 Å². The summed E-state index contributed by atoms with van der Waals surface area (Å²) in [4.78, 5) is 0. The quantitative estimate of drug-likeness (QED) is 0.386. The van der Waals surface area contributed by atoms with Crippen molar-refractivity contribution in [3.8, 4) is 11.3 Å². The smallest absolute Gasteiger partial charge is 0.231 e. The van der Waals surface area contributed by atoms with Crippen LogP contribution >= 0.6 is 22.9 Å². The molecule has 0 spiro atoms. The fourth-order valence-corrected chi connectivity index (χ4v) is 4.05. The van der Waals surface area contributed by atoms with Crippen LogP contribution in [0.15, 0.2) is 84.2 Å². The monoisotopic (exact) mass is 391 g/mol. The Morgan fingerprint density at radius 1 is 0.889 bits per heavy atom. The predicted octanol–water partition coefficient (Wildman–Crippen LogP) is 6.46. The van der Waals surface area contributed by atoms with E-state index < -0.39 is 0 Å². The first-order chi connectivity index (χ1) is 13.2. The maximum atomic E-state index is 6.02. The largest absolute Gasteiger partial charge is 0.339 e. The summed E-state index contributed by atoms with van der Waals surface area (Å²) in [7, 11) is 0. The Hall–Kier alpha value is -2.62. The summed E-state index contributed by atoms with van der Waals surface area (Å²) in [6.45, 7) is 2.92. The number of hydrogen-bond acceptors (Lipinski definition) is 2.